The molecule has 0 aliphatic carbocycles. The van der Waals surface area contributed by atoms with Gasteiger partial charge < -0.3 is 15.0 Å². The number of thiazole rings is 1. The number of nitrogens with one attached hydrogen (secondary N) is 1. The Morgan fingerprint density at radius 1 is 1.03 bits per heavy atom. The van der Waals surface area contributed by atoms with E-state index in [1.165, 1.54) is 18.4 Å². The van der Waals surface area contributed by atoms with Crippen molar-refractivity contribution in [2.24, 2.45) is 23.7 Å². The van der Waals surface area contributed by atoms with E-state index < -0.39 is 0 Å². The van der Waals surface area contributed by atoms with E-state index in [1.807, 2.05) is 56.1 Å². The summed E-state index contributed by atoms with van der Waals surface area (Å²) in [5.41, 5.74) is 1.46. The van der Waals surface area contributed by atoms with Crippen molar-refractivity contribution >= 4 is 29.1 Å². The van der Waals surface area contributed by atoms with Crippen LogP contribution in [0.5, 0.6) is 0 Å². The van der Waals surface area contributed by atoms with Crippen molar-refractivity contribution in [3.8, 4) is 0 Å². The standard InChI is InChI=1S/C30H45N3O4S/c1-19(2)22(6)29(35)33(7)26(20(3)4)14-15-27-32-25(18-38-27)28(34)31-24(16-21(5)30(36)37-8)17-23-12-10-9-11-13-23/h9-13,18-22,24,26H,14-17H2,1-8H3,(H,31,34)/t21-,22-,24+,26+/m0/s1. The van der Waals surface area contributed by atoms with Crippen LogP contribution in [-0.2, 0) is 27.2 Å². The zero-order valence-electron chi connectivity index (χ0n) is 24.2. The van der Waals surface area contributed by atoms with Crippen molar-refractivity contribution in [3.63, 3.8) is 0 Å². The highest BCUT2D eigenvalue weighted by atomic mass is 32.1. The Bertz CT molecular complexity index is 1040. The van der Waals surface area contributed by atoms with E-state index in [9.17, 15) is 14.4 Å². The van der Waals surface area contributed by atoms with Gasteiger partial charge in [0.25, 0.3) is 5.91 Å². The van der Waals surface area contributed by atoms with E-state index >= 15 is 0 Å². The molecule has 0 saturated carbocycles. The van der Waals surface area contributed by atoms with Crippen LogP contribution in [0.3, 0.4) is 0 Å². The zero-order valence-corrected chi connectivity index (χ0v) is 25.0. The number of nitrogens with zero attached hydrogens (tertiary/aromatic N) is 2. The van der Waals surface area contributed by atoms with Gasteiger partial charge in [-0.15, -0.1) is 11.3 Å². The van der Waals surface area contributed by atoms with Crippen LogP contribution in [0.2, 0.25) is 0 Å². The Morgan fingerprint density at radius 2 is 1.68 bits per heavy atom. The molecule has 0 fully saturated rings. The number of carbonyl (C=O) groups excluding carboxylic acids is 3. The molecule has 0 aliphatic rings. The third kappa shape index (κ3) is 9.22. The number of hydrogen-bond acceptors (Lipinski definition) is 6. The number of rotatable bonds is 14. The van der Waals surface area contributed by atoms with Gasteiger partial charge >= 0.3 is 5.97 Å². The summed E-state index contributed by atoms with van der Waals surface area (Å²) in [6.07, 6.45) is 2.56. The lowest BCUT2D eigenvalue weighted by Gasteiger charge is -2.34. The summed E-state index contributed by atoms with van der Waals surface area (Å²) in [6.45, 7) is 12.2. The molecule has 2 amide bonds. The number of amides is 2. The maximum atomic E-state index is 13.1. The number of methoxy groups -OCH3 is 1. The van der Waals surface area contributed by atoms with E-state index in [0.717, 1.165) is 17.0 Å². The lowest BCUT2D eigenvalue weighted by atomic mass is 9.93. The Morgan fingerprint density at radius 3 is 2.26 bits per heavy atom. The third-order valence-corrected chi connectivity index (χ3v) is 8.25. The van der Waals surface area contributed by atoms with Gasteiger partial charge in [0.15, 0.2) is 0 Å². The Labute approximate surface area is 232 Å². The zero-order chi connectivity index (χ0) is 28.4. The molecule has 0 spiro atoms. The first-order valence-corrected chi connectivity index (χ1v) is 14.5. The number of benzene rings is 1. The average molecular weight is 544 g/mol. The maximum Gasteiger partial charge on any atom is 0.308 e. The van der Waals surface area contributed by atoms with Gasteiger partial charge in [0, 0.05) is 36.9 Å². The second-order valence-electron chi connectivity index (χ2n) is 11.0. The van der Waals surface area contributed by atoms with Crippen LogP contribution in [0.4, 0.5) is 0 Å². The molecule has 2 aromatic rings. The summed E-state index contributed by atoms with van der Waals surface area (Å²) in [4.78, 5) is 44.6. The quantitative estimate of drug-likeness (QED) is 0.323. The van der Waals surface area contributed by atoms with Crippen LogP contribution in [0.1, 0.15) is 75.4 Å². The number of aryl methyl sites for hydroxylation is 1. The van der Waals surface area contributed by atoms with Gasteiger partial charge in [-0.1, -0.05) is 71.9 Å². The molecule has 7 nitrogen and oxygen atoms in total. The fourth-order valence-electron chi connectivity index (χ4n) is 4.62. The third-order valence-electron chi connectivity index (χ3n) is 7.34. The molecule has 1 aromatic carbocycles. The van der Waals surface area contributed by atoms with Crippen molar-refractivity contribution in [1.29, 1.82) is 0 Å². The van der Waals surface area contributed by atoms with E-state index in [0.29, 0.717) is 36.8 Å². The van der Waals surface area contributed by atoms with E-state index in [1.54, 1.807) is 5.38 Å². The minimum atomic E-state index is -0.342. The lowest BCUT2D eigenvalue weighted by Crippen LogP contribution is -2.44. The smallest absolute Gasteiger partial charge is 0.308 e. The summed E-state index contributed by atoms with van der Waals surface area (Å²) < 4.78 is 4.89. The van der Waals surface area contributed by atoms with Gasteiger partial charge in [0.2, 0.25) is 5.91 Å². The molecule has 0 aliphatic heterocycles. The number of esters is 1. The average Bonchev–Trinajstić information content (AvgIpc) is 3.36. The molecule has 38 heavy (non-hydrogen) atoms. The highest BCUT2D eigenvalue weighted by Gasteiger charge is 2.28. The second-order valence-corrected chi connectivity index (χ2v) is 11.9. The summed E-state index contributed by atoms with van der Waals surface area (Å²) >= 11 is 1.47. The van der Waals surface area contributed by atoms with Gasteiger partial charge in [-0.2, -0.15) is 0 Å². The molecule has 0 radical (unpaired) electrons. The summed E-state index contributed by atoms with van der Waals surface area (Å²) in [6, 6.07) is 9.76. The van der Waals surface area contributed by atoms with Crippen LogP contribution in [0, 0.1) is 23.7 Å². The number of carbonyl (C=O) groups is 3. The fraction of sp³-hybridized carbons (Fsp3) is 0.600. The SMILES string of the molecule is COC(=O)[C@@H](C)C[C@H](Cc1ccccc1)NC(=O)c1csc(CC[C@H](C(C)C)N(C)C(=O)[C@@H](C)C(C)C)n1. The van der Waals surface area contributed by atoms with Crippen molar-refractivity contribution in [2.45, 2.75) is 79.3 Å². The fourth-order valence-corrected chi connectivity index (χ4v) is 5.41. The minimum Gasteiger partial charge on any atom is -0.469 e. The lowest BCUT2D eigenvalue weighted by molar-refractivity contribution is -0.145. The van der Waals surface area contributed by atoms with E-state index in [4.69, 9.17) is 4.74 Å². The normalized spacial score (nSPS) is 14.6. The Kier molecular flexibility index (Phi) is 12.4. The molecular formula is C30H45N3O4S. The van der Waals surface area contributed by atoms with Crippen LogP contribution >= 0.6 is 11.3 Å². The minimum absolute atomic E-state index is 0.0258. The van der Waals surface area contributed by atoms with Gasteiger partial charge in [0.05, 0.1) is 18.0 Å². The van der Waals surface area contributed by atoms with E-state index in [2.05, 4.69) is 38.0 Å². The van der Waals surface area contributed by atoms with Crippen LogP contribution in [0.15, 0.2) is 35.7 Å². The molecule has 210 valence electrons. The number of aromatic nitrogens is 1. The van der Waals surface area contributed by atoms with Crippen molar-refractivity contribution in [3.05, 3.63) is 52.0 Å². The Hall–Kier alpha value is -2.74. The molecule has 2 rings (SSSR count). The van der Waals surface area contributed by atoms with Gasteiger partial charge in [-0.05, 0) is 36.7 Å². The molecule has 4 atom stereocenters. The first kappa shape index (κ1) is 31.5. The molecule has 0 unspecified atom stereocenters. The molecule has 0 bridgehead atoms. The van der Waals surface area contributed by atoms with Gasteiger partial charge in [-0.3, -0.25) is 14.4 Å². The number of ether oxygens (including phenoxy) is 1. The predicted octanol–water partition coefficient (Wildman–Crippen LogP) is 5.39. The predicted molar refractivity (Wildman–Crippen MR) is 153 cm³/mol. The molecule has 1 N–H and O–H groups in total. The highest BCUT2D eigenvalue weighted by molar-refractivity contribution is 7.09. The molecule has 8 heteroatoms. The maximum absolute atomic E-state index is 13.1. The highest BCUT2D eigenvalue weighted by Crippen LogP contribution is 2.22. The molecule has 1 heterocycles. The van der Waals surface area contributed by atoms with Crippen molar-refractivity contribution < 1.29 is 19.1 Å². The number of hydrogen-bond donors (Lipinski definition) is 1. The van der Waals surface area contributed by atoms with Crippen LogP contribution in [0.25, 0.3) is 0 Å². The first-order valence-electron chi connectivity index (χ1n) is 13.6. The molecule has 1 aromatic heterocycles. The molecule has 0 saturated heterocycles. The Balaban J connectivity index is 2.06. The van der Waals surface area contributed by atoms with Gasteiger partial charge in [-0.25, -0.2) is 4.98 Å². The summed E-state index contributed by atoms with van der Waals surface area (Å²) in [5.74, 6) is -0.138. The second kappa shape index (κ2) is 15.0. The van der Waals surface area contributed by atoms with Crippen LogP contribution < -0.4 is 5.32 Å². The first-order chi connectivity index (χ1) is 17.9. The monoisotopic (exact) mass is 543 g/mol. The van der Waals surface area contributed by atoms with Gasteiger partial charge in [0.1, 0.15) is 5.69 Å². The van der Waals surface area contributed by atoms with Crippen molar-refractivity contribution in [1.82, 2.24) is 15.2 Å². The topological polar surface area (TPSA) is 88.6 Å². The molecular weight excluding hydrogens is 498 g/mol. The van der Waals surface area contributed by atoms with E-state index in [-0.39, 0.29) is 41.7 Å². The summed E-state index contributed by atoms with van der Waals surface area (Å²) in [7, 11) is 3.28. The van der Waals surface area contributed by atoms with Crippen LogP contribution in [-0.4, -0.2) is 53.9 Å². The largest absolute Gasteiger partial charge is 0.469 e. The van der Waals surface area contributed by atoms with Crippen molar-refractivity contribution in [2.75, 3.05) is 14.2 Å². The summed E-state index contributed by atoms with van der Waals surface area (Å²) in [5, 5.41) is 5.75.